The molecule has 0 saturated carbocycles. The van der Waals surface area contributed by atoms with Crippen molar-refractivity contribution >= 4 is 11.7 Å². The zero-order chi connectivity index (χ0) is 17.9. The monoisotopic (exact) mass is 330 g/mol. The zero-order valence-electron chi connectivity index (χ0n) is 14.9. The molecule has 1 atom stereocenters. The second-order valence-corrected chi connectivity index (χ2v) is 6.65. The summed E-state index contributed by atoms with van der Waals surface area (Å²) in [5.74, 6) is 1.70. The van der Waals surface area contributed by atoms with Crippen molar-refractivity contribution in [2.24, 2.45) is 0 Å². The lowest BCUT2D eigenvalue weighted by molar-refractivity contribution is 0.0584. The third kappa shape index (κ3) is 4.17. The summed E-state index contributed by atoms with van der Waals surface area (Å²) in [5.41, 5.74) is 1.33. The molecule has 1 unspecified atom stereocenters. The summed E-state index contributed by atoms with van der Waals surface area (Å²) in [4.78, 5) is 12.2. The van der Waals surface area contributed by atoms with Crippen molar-refractivity contribution in [3.63, 3.8) is 0 Å². The van der Waals surface area contributed by atoms with Gasteiger partial charge in [-0.25, -0.2) is 4.79 Å². The van der Waals surface area contributed by atoms with Gasteiger partial charge in [0, 0.05) is 11.3 Å². The van der Waals surface area contributed by atoms with Crippen LogP contribution in [0.3, 0.4) is 0 Å². The van der Waals surface area contributed by atoms with Gasteiger partial charge in [0.05, 0.1) is 6.54 Å². The number of carbonyl (C=O) groups is 1. The first kappa shape index (κ1) is 18.1. The Balaban J connectivity index is 2.02. The van der Waals surface area contributed by atoms with Gasteiger partial charge in [-0.15, -0.1) is 0 Å². The van der Waals surface area contributed by atoms with Crippen LogP contribution >= 0.6 is 0 Å². The van der Waals surface area contributed by atoms with Gasteiger partial charge in [0.25, 0.3) is 0 Å². The van der Waals surface area contributed by atoms with E-state index in [0.717, 1.165) is 17.0 Å². The van der Waals surface area contributed by atoms with Crippen LogP contribution in [0.2, 0.25) is 0 Å². The highest BCUT2D eigenvalue weighted by Crippen LogP contribution is 2.27. The summed E-state index contributed by atoms with van der Waals surface area (Å²) in [6.45, 7) is 9.53. The van der Waals surface area contributed by atoms with E-state index in [9.17, 15) is 9.90 Å². The van der Waals surface area contributed by atoms with Gasteiger partial charge in [-0.2, -0.15) is 0 Å². The van der Waals surface area contributed by atoms with E-state index in [-0.39, 0.29) is 12.6 Å². The number of nitrogens with one attached hydrogen (secondary N) is 2. The number of furan rings is 1. The van der Waals surface area contributed by atoms with Crippen LogP contribution in [0, 0.1) is 13.8 Å². The summed E-state index contributed by atoms with van der Waals surface area (Å²) >= 11 is 0. The molecule has 2 aromatic rings. The number of aryl methyl sites for hydroxylation is 2. The quantitative estimate of drug-likeness (QED) is 0.774. The molecule has 0 aliphatic carbocycles. The van der Waals surface area contributed by atoms with E-state index in [1.165, 1.54) is 0 Å². The Labute approximate surface area is 143 Å². The van der Waals surface area contributed by atoms with Gasteiger partial charge in [-0.05, 0) is 44.4 Å². The van der Waals surface area contributed by atoms with E-state index >= 15 is 0 Å². The lowest BCUT2D eigenvalue weighted by atomic mass is 9.96. The van der Waals surface area contributed by atoms with Crippen molar-refractivity contribution < 1.29 is 14.3 Å². The third-order valence-electron chi connectivity index (χ3n) is 4.05. The smallest absolute Gasteiger partial charge is 0.319 e. The molecule has 130 valence electrons. The van der Waals surface area contributed by atoms with Crippen molar-refractivity contribution in [3.05, 3.63) is 53.0 Å². The Morgan fingerprint density at radius 1 is 1.29 bits per heavy atom. The third-order valence-corrected chi connectivity index (χ3v) is 4.05. The van der Waals surface area contributed by atoms with Crippen molar-refractivity contribution in [2.75, 3.05) is 11.9 Å². The normalized spacial score (nSPS) is 13.6. The average molecular weight is 330 g/mol. The molecule has 0 spiro atoms. The highest BCUT2D eigenvalue weighted by atomic mass is 16.3. The molecule has 0 radical (unpaired) electrons. The highest BCUT2D eigenvalue weighted by Gasteiger charge is 2.28. The molecular formula is C19H26N2O3. The molecule has 0 aliphatic heterocycles. The fraction of sp³-hybridized carbons (Fsp3) is 0.421. The molecule has 0 aliphatic rings. The largest absolute Gasteiger partial charge is 0.466 e. The maximum atomic E-state index is 12.2. The summed E-state index contributed by atoms with van der Waals surface area (Å²) in [5, 5.41) is 16.2. The van der Waals surface area contributed by atoms with Crippen LogP contribution < -0.4 is 10.6 Å². The van der Waals surface area contributed by atoms with Crippen molar-refractivity contribution in [3.8, 4) is 0 Å². The first-order valence-electron chi connectivity index (χ1n) is 8.14. The van der Waals surface area contributed by atoms with Gasteiger partial charge < -0.3 is 20.2 Å². The molecular weight excluding hydrogens is 304 g/mol. The lowest BCUT2D eigenvalue weighted by Gasteiger charge is -2.23. The Bertz CT molecular complexity index is 717. The summed E-state index contributed by atoms with van der Waals surface area (Å²) in [7, 11) is 0. The number of benzene rings is 1. The van der Waals surface area contributed by atoms with Crippen molar-refractivity contribution in [2.45, 2.75) is 46.1 Å². The standard InChI is InChI=1S/C19H26N2O3/c1-12(2)15-8-6-7-9-17(15)21-18(22)20-11-19(5,23)16-10-13(3)24-14(16)4/h6-10,12,23H,11H2,1-5H3,(H2,20,21,22). The number of hydrogen-bond donors (Lipinski definition) is 3. The molecule has 24 heavy (non-hydrogen) atoms. The molecule has 5 heteroatoms. The van der Waals surface area contributed by atoms with Gasteiger partial charge in [0.1, 0.15) is 17.1 Å². The maximum absolute atomic E-state index is 12.2. The second-order valence-electron chi connectivity index (χ2n) is 6.65. The molecule has 0 fully saturated rings. The number of hydrogen-bond acceptors (Lipinski definition) is 3. The van der Waals surface area contributed by atoms with Crippen molar-refractivity contribution in [1.29, 1.82) is 0 Å². The first-order valence-corrected chi connectivity index (χ1v) is 8.14. The molecule has 1 aromatic carbocycles. The SMILES string of the molecule is Cc1cc(C(C)(O)CNC(=O)Nc2ccccc2C(C)C)c(C)o1. The average Bonchev–Trinajstić information content (AvgIpc) is 2.85. The Morgan fingerprint density at radius 3 is 2.54 bits per heavy atom. The van der Waals surface area contributed by atoms with E-state index < -0.39 is 5.60 Å². The van der Waals surface area contributed by atoms with Crippen LogP contribution in [0.4, 0.5) is 10.5 Å². The topological polar surface area (TPSA) is 74.5 Å². The van der Waals surface area contributed by atoms with Crippen LogP contribution in [-0.2, 0) is 5.60 Å². The van der Waals surface area contributed by atoms with E-state index in [0.29, 0.717) is 17.2 Å². The minimum atomic E-state index is -1.20. The Kier molecular flexibility index (Phi) is 5.34. The Morgan fingerprint density at radius 2 is 1.96 bits per heavy atom. The number of amides is 2. The maximum Gasteiger partial charge on any atom is 0.319 e. The molecule has 3 N–H and O–H groups in total. The van der Waals surface area contributed by atoms with Gasteiger partial charge in [0.15, 0.2) is 0 Å². The fourth-order valence-electron chi connectivity index (χ4n) is 2.79. The fourth-order valence-corrected chi connectivity index (χ4v) is 2.79. The van der Waals surface area contributed by atoms with Crippen molar-refractivity contribution in [1.82, 2.24) is 5.32 Å². The second kappa shape index (κ2) is 7.09. The van der Waals surface area contributed by atoms with E-state index in [4.69, 9.17) is 4.42 Å². The zero-order valence-corrected chi connectivity index (χ0v) is 14.9. The van der Waals surface area contributed by atoms with Gasteiger partial charge in [0.2, 0.25) is 0 Å². The molecule has 0 bridgehead atoms. The minimum absolute atomic E-state index is 0.0858. The first-order chi connectivity index (χ1) is 11.2. The van der Waals surface area contributed by atoms with Crippen LogP contribution in [0.25, 0.3) is 0 Å². The van der Waals surface area contributed by atoms with E-state index in [1.54, 1.807) is 19.9 Å². The number of anilines is 1. The van der Waals surface area contributed by atoms with Crippen LogP contribution in [0.5, 0.6) is 0 Å². The van der Waals surface area contributed by atoms with E-state index in [2.05, 4.69) is 24.5 Å². The summed E-state index contributed by atoms with van der Waals surface area (Å²) in [6, 6.07) is 9.15. The molecule has 2 rings (SSSR count). The predicted octanol–water partition coefficient (Wildman–Crippen LogP) is 4.05. The number of rotatable bonds is 5. The van der Waals surface area contributed by atoms with Gasteiger partial charge >= 0.3 is 6.03 Å². The van der Waals surface area contributed by atoms with Crippen LogP contribution in [-0.4, -0.2) is 17.7 Å². The minimum Gasteiger partial charge on any atom is -0.466 e. The van der Waals surface area contributed by atoms with E-state index in [1.807, 2.05) is 31.2 Å². The van der Waals surface area contributed by atoms with Gasteiger partial charge in [-0.1, -0.05) is 32.0 Å². The number of para-hydroxylation sites is 1. The Hall–Kier alpha value is -2.27. The lowest BCUT2D eigenvalue weighted by Crippen LogP contribution is -2.40. The molecule has 2 amide bonds. The summed E-state index contributed by atoms with van der Waals surface area (Å²) < 4.78 is 5.46. The number of urea groups is 1. The number of carbonyl (C=O) groups excluding carboxylic acids is 1. The highest BCUT2D eigenvalue weighted by molar-refractivity contribution is 5.90. The summed E-state index contributed by atoms with van der Waals surface area (Å²) in [6.07, 6.45) is 0. The van der Waals surface area contributed by atoms with Crippen LogP contribution in [0.15, 0.2) is 34.7 Å². The number of aliphatic hydroxyl groups is 1. The predicted molar refractivity (Wildman–Crippen MR) is 95.3 cm³/mol. The van der Waals surface area contributed by atoms with Crippen LogP contribution in [0.1, 0.15) is 49.3 Å². The van der Waals surface area contributed by atoms with Gasteiger partial charge in [-0.3, -0.25) is 0 Å². The molecule has 5 nitrogen and oxygen atoms in total. The molecule has 0 saturated heterocycles. The molecule has 1 heterocycles. The molecule has 1 aromatic heterocycles.